The molecule has 0 aliphatic carbocycles. The number of amides is 1. The van der Waals surface area contributed by atoms with Gasteiger partial charge in [-0.1, -0.05) is 59.6 Å². The third kappa shape index (κ3) is 5.66. The number of H-pyrrole nitrogens is 1. The number of hydrogen-bond donors (Lipinski definition) is 1. The van der Waals surface area contributed by atoms with Gasteiger partial charge in [0.05, 0.1) is 40.1 Å². The van der Waals surface area contributed by atoms with Crippen LogP contribution in [-0.4, -0.2) is 106 Å². The van der Waals surface area contributed by atoms with Gasteiger partial charge in [0, 0.05) is 69.1 Å². The molecule has 3 atom stereocenters. The summed E-state index contributed by atoms with van der Waals surface area (Å²) in [5.41, 5.74) is 0.829. The highest BCUT2D eigenvalue weighted by Gasteiger charge is 2.60. The molecule has 3 aromatic carbocycles. The summed E-state index contributed by atoms with van der Waals surface area (Å²) in [5, 5.41) is 16.4. The number of quaternary nitrogens is 1. The van der Waals surface area contributed by atoms with Gasteiger partial charge in [-0.2, -0.15) is 0 Å². The lowest BCUT2D eigenvalue weighted by molar-refractivity contribution is -0.956. The molecule has 254 valence electrons. The Morgan fingerprint density at radius 3 is 2.44 bits per heavy atom. The standard InChI is InChI=1S/C36H42Cl2N6O4/c1-40-16-18-41(19-17-40)27-10-14-42(15-11-27)36(13-21-45)23-28(12-20-44(36,35(47)48)24-25-6-8-30(37)31(38)22-25)43-32-9-7-26-4-2-3-5-29(26)33(32)39-34(43)46/h2-9,21-22,27-28H,10-20,23-24H2,1H3,(H-,39,46,47,48)/t28?,36?,44-/m0/s1. The van der Waals surface area contributed by atoms with Gasteiger partial charge in [0.1, 0.15) is 12.8 Å². The molecule has 4 aromatic rings. The third-order valence-electron chi connectivity index (χ3n) is 11.5. The first-order valence-electron chi connectivity index (χ1n) is 16.9. The lowest BCUT2D eigenvalue weighted by Crippen LogP contribution is -2.79. The number of piperidine rings is 2. The molecule has 3 aliphatic heterocycles. The summed E-state index contributed by atoms with van der Waals surface area (Å²) in [5.74, 6) is 0. The van der Waals surface area contributed by atoms with Gasteiger partial charge < -0.3 is 24.6 Å². The number of likely N-dealkylation sites (N-methyl/N-ethyl adjacent to an activating group) is 1. The van der Waals surface area contributed by atoms with E-state index in [1.165, 1.54) is 0 Å². The van der Waals surface area contributed by atoms with Gasteiger partial charge in [-0.05, 0) is 43.5 Å². The number of nitrogens with one attached hydrogen (secondary N) is 1. The van der Waals surface area contributed by atoms with Crippen LogP contribution >= 0.6 is 23.2 Å². The average Bonchev–Trinajstić information content (AvgIpc) is 3.44. The number of likely N-dealkylation sites (tertiary alicyclic amines) is 2. The molecule has 10 nitrogen and oxygen atoms in total. The van der Waals surface area contributed by atoms with Crippen molar-refractivity contribution in [3.8, 4) is 0 Å². The Labute approximate surface area is 290 Å². The Bertz CT molecular complexity index is 1900. The molecule has 0 radical (unpaired) electrons. The molecule has 1 amide bonds. The third-order valence-corrected chi connectivity index (χ3v) is 12.2. The van der Waals surface area contributed by atoms with Crippen LogP contribution in [0.4, 0.5) is 4.79 Å². The first-order valence-corrected chi connectivity index (χ1v) is 17.7. The first-order chi connectivity index (χ1) is 23.2. The van der Waals surface area contributed by atoms with Gasteiger partial charge in [0.25, 0.3) is 6.09 Å². The summed E-state index contributed by atoms with van der Waals surface area (Å²) >= 11 is 12.7. The largest absolute Gasteiger partial charge is 0.498 e. The SMILES string of the molecule is CN1CCN(C2CCN(C3(CC=O)CC(n4c(=O)[nH]c5c6ccccc6ccc54)CC[N@+]3(Cc3ccc(Cl)c(Cl)c3)C(=O)[O-])CC2)CC1. The van der Waals surface area contributed by atoms with Gasteiger partial charge in [-0.3, -0.25) is 18.8 Å². The van der Waals surface area contributed by atoms with E-state index in [0.717, 1.165) is 67.1 Å². The quantitative estimate of drug-likeness (QED) is 0.225. The molecule has 0 saturated carbocycles. The molecule has 1 aromatic heterocycles. The molecule has 48 heavy (non-hydrogen) atoms. The van der Waals surface area contributed by atoms with Gasteiger partial charge in [-0.15, -0.1) is 0 Å². The lowest BCUT2D eigenvalue weighted by Gasteiger charge is -2.61. The van der Waals surface area contributed by atoms with Crippen molar-refractivity contribution in [3.63, 3.8) is 0 Å². The minimum absolute atomic E-state index is 0.0159. The van der Waals surface area contributed by atoms with Crippen LogP contribution in [0.1, 0.15) is 43.7 Å². The van der Waals surface area contributed by atoms with Crippen molar-refractivity contribution >= 4 is 57.4 Å². The second kappa shape index (κ2) is 13.2. The lowest BCUT2D eigenvalue weighted by atomic mass is 9.82. The summed E-state index contributed by atoms with van der Waals surface area (Å²) in [6.45, 7) is 5.60. The molecule has 3 saturated heterocycles. The van der Waals surface area contributed by atoms with Crippen LogP contribution in [0, 0.1) is 0 Å². The Hall–Kier alpha value is -3.25. The number of carbonyl (C=O) groups excluding carboxylic acids is 2. The van der Waals surface area contributed by atoms with Crippen molar-refractivity contribution in [3.05, 3.63) is 80.7 Å². The van der Waals surface area contributed by atoms with E-state index in [4.69, 9.17) is 23.2 Å². The summed E-state index contributed by atoms with van der Waals surface area (Å²) < 4.78 is 1.33. The number of halogens is 2. The first kappa shape index (κ1) is 33.3. The van der Waals surface area contributed by atoms with E-state index >= 15 is 0 Å². The fourth-order valence-corrected chi connectivity index (χ4v) is 9.26. The van der Waals surface area contributed by atoms with Crippen molar-refractivity contribution < 1.29 is 19.2 Å². The van der Waals surface area contributed by atoms with Gasteiger partial charge in [0.15, 0.2) is 5.66 Å². The highest BCUT2D eigenvalue weighted by Crippen LogP contribution is 2.48. The Morgan fingerprint density at radius 1 is 0.979 bits per heavy atom. The van der Waals surface area contributed by atoms with Gasteiger partial charge >= 0.3 is 5.69 Å². The minimum atomic E-state index is -1.24. The normalized spacial score (nSPS) is 26.7. The van der Waals surface area contributed by atoms with Crippen molar-refractivity contribution in [1.82, 2.24) is 24.3 Å². The molecular weight excluding hydrogens is 651 g/mol. The van der Waals surface area contributed by atoms with E-state index < -0.39 is 16.2 Å². The van der Waals surface area contributed by atoms with Crippen molar-refractivity contribution in [2.75, 3.05) is 52.9 Å². The molecule has 3 aliphatic rings. The monoisotopic (exact) mass is 692 g/mol. The number of hydrogen-bond acceptors (Lipinski definition) is 7. The Kier molecular flexibility index (Phi) is 9.16. The maximum absolute atomic E-state index is 13.8. The second-order valence-corrected chi connectivity index (χ2v) is 14.7. The number of aromatic nitrogens is 2. The number of fused-ring (bicyclic) bond motifs is 3. The number of carboxylic acid groups (broad SMARTS) is 1. The number of rotatable bonds is 7. The summed E-state index contributed by atoms with van der Waals surface area (Å²) in [7, 11) is 2.15. The zero-order chi connectivity index (χ0) is 33.6. The fourth-order valence-electron chi connectivity index (χ4n) is 8.94. The van der Waals surface area contributed by atoms with Crippen LogP contribution in [0.25, 0.3) is 21.8 Å². The summed E-state index contributed by atoms with van der Waals surface area (Å²) in [6, 6.07) is 17.1. The van der Waals surface area contributed by atoms with Crippen LogP contribution in [0.3, 0.4) is 0 Å². The Balaban J connectivity index is 1.31. The maximum Gasteiger partial charge on any atom is 0.326 e. The van der Waals surface area contributed by atoms with Crippen LogP contribution < -0.4 is 10.8 Å². The van der Waals surface area contributed by atoms with Gasteiger partial charge in [-0.25, -0.2) is 4.79 Å². The van der Waals surface area contributed by atoms with E-state index in [1.54, 1.807) is 22.8 Å². The molecule has 0 bridgehead atoms. The number of imidazole rings is 1. The number of piperazine rings is 1. The summed E-state index contributed by atoms with van der Waals surface area (Å²) in [4.78, 5) is 50.5. The predicted octanol–water partition coefficient (Wildman–Crippen LogP) is 4.48. The van der Waals surface area contributed by atoms with Crippen molar-refractivity contribution in [2.45, 2.75) is 56.4 Å². The maximum atomic E-state index is 13.8. The van der Waals surface area contributed by atoms with Crippen LogP contribution in [0.15, 0.2) is 59.4 Å². The smallest absolute Gasteiger partial charge is 0.326 e. The van der Waals surface area contributed by atoms with Crippen molar-refractivity contribution in [2.24, 2.45) is 0 Å². The molecule has 12 heteroatoms. The zero-order valence-corrected chi connectivity index (χ0v) is 28.8. The highest BCUT2D eigenvalue weighted by atomic mass is 35.5. The van der Waals surface area contributed by atoms with Gasteiger partial charge in [0.2, 0.25) is 0 Å². The van der Waals surface area contributed by atoms with Crippen molar-refractivity contribution in [1.29, 1.82) is 0 Å². The van der Waals surface area contributed by atoms with E-state index in [2.05, 4.69) is 26.7 Å². The highest BCUT2D eigenvalue weighted by molar-refractivity contribution is 6.42. The van der Waals surface area contributed by atoms with E-state index in [0.29, 0.717) is 47.6 Å². The van der Waals surface area contributed by atoms with E-state index in [1.807, 2.05) is 36.4 Å². The molecule has 7 rings (SSSR count). The molecule has 3 fully saturated rings. The second-order valence-electron chi connectivity index (χ2n) is 13.9. The molecule has 1 N–H and O–H groups in total. The zero-order valence-electron chi connectivity index (χ0n) is 27.2. The number of benzene rings is 3. The number of aldehydes is 1. The van der Waals surface area contributed by atoms with Crippen LogP contribution in [0.2, 0.25) is 10.0 Å². The van der Waals surface area contributed by atoms with E-state index in [-0.39, 0.29) is 31.2 Å². The predicted molar refractivity (Wildman–Crippen MR) is 186 cm³/mol. The molecular formula is C36H42Cl2N6O4. The number of aromatic amines is 1. The molecule has 0 spiro atoms. The van der Waals surface area contributed by atoms with E-state index in [9.17, 15) is 19.5 Å². The molecule has 2 unspecified atom stereocenters. The fraction of sp³-hybridized carbons (Fsp3) is 0.472. The van der Waals surface area contributed by atoms with Crippen LogP contribution in [-0.2, 0) is 11.3 Å². The average molecular weight is 694 g/mol. The number of carbonyl (C=O) groups is 2. The topological polar surface area (TPSA) is 105 Å². The summed E-state index contributed by atoms with van der Waals surface area (Å²) in [6.07, 6.45) is 2.04. The Morgan fingerprint density at radius 2 is 1.73 bits per heavy atom. The van der Waals surface area contributed by atoms with Crippen LogP contribution in [0.5, 0.6) is 0 Å². The molecule has 4 heterocycles. The minimum Gasteiger partial charge on any atom is -0.498 e. The number of nitrogens with zero attached hydrogens (tertiary/aromatic N) is 5.